The van der Waals surface area contributed by atoms with Crippen LogP contribution < -0.4 is 9.80 Å². The molecular formula is C37H28IrN4-4. The van der Waals surface area contributed by atoms with Crippen molar-refractivity contribution in [2.24, 2.45) is 0 Å². The van der Waals surface area contributed by atoms with Crippen LogP contribution in [-0.4, -0.2) is 9.97 Å². The van der Waals surface area contributed by atoms with Gasteiger partial charge >= 0.3 is 0 Å². The largest absolute Gasteiger partial charge is 0.500 e. The maximum absolute atomic E-state index is 4.22. The molecular weight excluding hydrogens is 693 g/mol. The Balaban J connectivity index is 0.000000146. The zero-order valence-corrected chi connectivity index (χ0v) is 25.2. The summed E-state index contributed by atoms with van der Waals surface area (Å²) >= 11 is 0. The smallest absolute Gasteiger partial charge is 0.0160 e. The van der Waals surface area contributed by atoms with Gasteiger partial charge in [0.05, 0.1) is 0 Å². The zero-order valence-electron chi connectivity index (χ0n) is 22.8. The van der Waals surface area contributed by atoms with Crippen LogP contribution in [0.3, 0.4) is 0 Å². The molecule has 4 aromatic carbocycles. The van der Waals surface area contributed by atoms with Gasteiger partial charge < -0.3 is 19.8 Å². The maximum atomic E-state index is 4.22. The van der Waals surface area contributed by atoms with Gasteiger partial charge in [0, 0.05) is 38.2 Å². The van der Waals surface area contributed by atoms with Crippen molar-refractivity contribution in [3.05, 3.63) is 189 Å². The SMILES string of the molecule is [Ir].[c-]1ccccc1-c1ccccn1.[c-]1ccccc1-c1ccccn1.[c-]1ccccc1N1C=CN(c2ccccc2)[CH-]1. The van der Waals surface area contributed by atoms with Crippen LogP contribution in [0.5, 0.6) is 0 Å². The monoisotopic (exact) mass is 721 g/mol. The molecule has 0 bridgehead atoms. The Hall–Kier alpha value is -4.83. The second-order valence-corrected chi connectivity index (χ2v) is 8.79. The van der Waals surface area contributed by atoms with E-state index in [1.165, 1.54) is 0 Å². The molecule has 1 radical (unpaired) electrons. The minimum absolute atomic E-state index is 0. The molecule has 5 heteroatoms. The molecule has 0 atom stereocenters. The van der Waals surface area contributed by atoms with Crippen LogP contribution in [-0.2, 0) is 20.1 Å². The average molecular weight is 721 g/mol. The molecule has 2 aromatic heterocycles. The van der Waals surface area contributed by atoms with Crippen molar-refractivity contribution in [1.82, 2.24) is 9.97 Å². The molecule has 0 aliphatic carbocycles. The predicted octanol–water partition coefficient (Wildman–Crippen LogP) is 8.50. The van der Waals surface area contributed by atoms with Crippen LogP contribution in [0.1, 0.15) is 0 Å². The van der Waals surface area contributed by atoms with Crippen LogP contribution in [0.25, 0.3) is 22.5 Å². The molecule has 0 saturated heterocycles. The number of anilines is 2. The van der Waals surface area contributed by atoms with E-state index in [0.717, 1.165) is 33.9 Å². The van der Waals surface area contributed by atoms with E-state index in [1.54, 1.807) is 12.4 Å². The zero-order chi connectivity index (χ0) is 28.0. The fraction of sp³-hybridized carbons (Fsp3) is 0. The summed E-state index contributed by atoms with van der Waals surface area (Å²) in [5.74, 6) is 0. The van der Waals surface area contributed by atoms with Gasteiger partial charge in [-0.2, -0.15) is 30.3 Å². The third-order valence-corrected chi connectivity index (χ3v) is 5.96. The first-order valence-corrected chi connectivity index (χ1v) is 13.2. The summed E-state index contributed by atoms with van der Waals surface area (Å²) in [6.45, 7) is 2.04. The minimum atomic E-state index is 0. The molecule has 6 aromatic rings. The molecule has 0 unspecified atom stereocenters. The molecule has 0 N–H and O–H groups in total. The van der Waals surface area contributed by atoms with Crippen LogP contribution in [0.15, 0.2) is 164 Å². The molecule has 1 aliphatic heterocycles. The van der Waals surface area contributed by atoms with Gasteiger partial charge in [0.1, 0.15) is 0 Å². The fourth-order valence-electron chi connectivity index (χ4n) is 3.94. The Morgan fingerprint density at radius 1 is 0.476 bits per heavy atom. The summed E-state index contributed by atoms with van der Waals surface area (Å²) in [6.07, 6.45) is 7.64. The van der Waals surface area contributed by atoms with Gasteiger partial charge in [0.2, 0.25) is 0 Å². The van der Waals surface area contributed by atoms with Crippen LogP contribution in [0, 0.1) is 24.9 Å². The van der Waals surface area contributed by atoms with E-state index in [4.69, 9.17) is 0 Å². The topological polar surface area (TPSA) is 32.3 Å². The minimum Gasteiger partial charge on any atom is -0.500 e. The van der Waals surface area contributed by atoms with Crippen molar-refractivity contribution in [2.75, 3.05) is 9.80 Å². The second-order valence-electron chi connectivity index (χ2n) is 8.79. The van der Waals surface area contributed by atoms with Crippen LogP contribution in [0.4, 0.5) is 11.4 Å². The summed E-state index contributed by atoms with van der Waals surface area (Å²) in [5, 5.41) is 0. The average Bonchev–Trinajstić information content (AvgIpc) is 3.59. The Morgan fingerprint density at radius 3 is 1.45 bits per heavy atom. The van der Waals surface area contributed by atoms with Gasteiger partial charge in [-0.15, -0.1) is 84.1 Å². The van der Waals surface area contributed by atoms with E-state index < -0.39 is 0 Å². The Labute approximate surface area is 262 Å². The normalized spacial score (nSPS) is 11.3. The fourth-order valence-corrected chi connectivity index (χ4v) is 3.94. The molecule has 3 heterocycles. The quantitative estimate of drug-likeness (QED) is 0.171. The Kier molecular flexibility index (Phi) is 11.8. The van der Waals surface area contributed by atoms with Crippen molar-refractivity contribution in [2.45, 2.75) is 0 Å². The number of hydrogen-bond donors (Lipinski definition) is 0. The van der Waals surface area contributed by atoms with Crippen molar-refractivity contribution in [3.8, 4) is 22.5 Å². The molecule has 1 aliphatic rings. The van der Waals surface area contributed by atoms with Crippen LogP contribution >= 0.6 is 0 Å². The summed E-state index contributed by atoms with van der Waals surface area (Å²) in [4.78, 5) is 12.6. The Morgan fingerprint density at radius 2 is 0.976 bits per heavy atom. The van der Waals surface area contributed by atoms with Gasteiger partial charge in [0.25, 0.3) is 0 Å². The molecule has 0 saturated carbocycles. The summed E-state index contributed by atoms with van der Waals surface area (Å²) in [6, 6.07) is 55.0. The van der Waals surface area contributed by atoms with Crippen molar-refractivity contribution < 1.29 is 20.1 Å². The van der Waals surface area contributed by atoms with Gasteiger partial charge in [-0.25, -0.2) is 0 Å². The van der Waals surface area contributed by atoms with Gasteiger partial charge in [0.15, 0.2) is 0 Å². The number of hydrogen-bond acceptors (Lipinski definition) is 4. The molecule has 42 heavy (non-hydrogen) atoms. The third-order valence-electron chi connectivity index (χ3n) is 5.96. The predicted molar refractivity (Wildman–Crippen MR) is 167 cm³/mol. The molecule has 7 rings (SSSR count). The number of aromatic nitrogens is 2. The van der Waals surface area contributed by atoms with Crippen LogP contribution in [0.2, 0.25) is 0 Å². The third kappa shape index (κ3) is 8.84. The first-order chi connectivity index (χ1) is 20.4. The second kappa shape index (κ2) is 16.4. The number of pyridine rings is 2. The number of benzene rings is 4. The maximum Gasteiger partial charge on any atom is 0.0160 e. The molecule has 0 spiro atoms. The van der Waals surface area contributed by atoms with E-state index in [1.807, 2.05) is 151 Å². The first-order valence-electron chi connectivity index (χ1n) is 13.2. The number of para-hydroxylation sites is 2. The first kappa shape index (κ1) is 30.1. The summed E-state index contributed by atoms with van der Waals surface area (Å²) in [7, 11) is 0. The van der Waals surface area contributed by atoms with E-state index in [-0.39, 0.29) is 20.1 Å². The molecule has 209 valence electrons. The van der Waals surface area contributed by atoms with E-state index in [9.17, 15) is 0 Å². The number of rotatable bonds is 4. The van der Waals surface area contributed by atoms with E-state index in [0.29, 0.717) is 0 Å². The van der Waals surface area contributed by atoms with E-state index >= 15 is 0 Å². The summed E-state index contributed by atoms with van der Waals surface area (Å²) in [5.41, 5.74) is 6.22. The molecule has 4 nitrogen and oxygen atoms in total. The van der Waals surface area contributed by atoms with Crippen molar-refractivity contribution in [1.29, 1.82) is 0 Å². The Bertz CT molecular complexity index is 1390. The van der Waals surface area contributed by atoms with Gasteiger partial charge in [-0.1, -0.05) is 42.5 Å². The van der Waals surface area contributed by atoms with Crippen molar-refractivity contribution in [3.63, 3.8) is 0 Å². The van der Waals surface area contributed by atoms with E-state index in [2.05, 4.69) is 45.2 Å². The molecule has 0 amide bonds. The van der Waals surface area contributed by atoms with Gasteiger partial charge in [-0.05, 0) is 48.1 Å². The van der Waals surface area contributed by atoms with Crippen molar-refractivity contribution >= 4 is 11.4 Å². The standard InChI is InChI=1S/C15H12N2.2C11H8N.Ir/c1-3-7-14(8-4-1)16-11-12-17(13-16)15-9-5-2-6-10-15;2*1-2-6-10(7-3-1)11-8-4-5-9-12-11;/h1-9,11-13H;2*1-6,8-9H;/q-2;2*-1;. The summed E-state index contributed by atoms with van der Waals surface area (Å²) < 4.78 is 0. The number of nitrogens with zero attached hydrogens (tertiary/aromatic N) is 4. The molecule has 0 fully saturated rings. The van der Waals surface area contributed by atoms with Gasteiger partial charge in [-0.3, -0.25) is 0 Å².